The van der Waals surface area contributed by atoms with Gasteiger partial charge in [-0.2, -0.15) is 0 Å². The second-order valence-corrected chi connectivity index (χ2v) is 10.9. The molecule has 9 heteroatoms. The maximum atomic E-state index is 13.4. The van der Waals surface area contributed by atoms with Crippen LogP contribution in [0.3, 0.4) is 0 Å². The van der Waals surface area contributed by atoms with Crippen molar-refractivity contribution >= 4 is 36.2 Å². The van der Waals surface area contributed by atoms with Crippen molar-refractivity contribution < 1.29 is 14.6 Å². The van der Waals surface area contributed by atoms with Crippen LogP contribution in [0.4, 0.5) is 0 Å². The highest BCUT2D eigenvalue weighted by molar-refractivity contribution is 6.45. The summed E-state index contributed by atoms with van der Waals surface area (Å²) in [5, 5.41) is 11.2. The van der Waals surface area contributed by atoms with Crippen molar-refractivity contribution in [2.45, 2.75) is 38.2 Å². The Labute approximate surface area is 225 Å². The van der Waals surface area contributed by atoms with Gasteiger partial charge in [0.05, 0.1) is 18.7 Å². The molecule has 1 N–H and O–H groups in total. The van der Waals surface area contributed by atoms with Crippen LogP contribution in [0.5, 0.6) is 0 Å². The van der Waals surface area contributed by atoms with Crippen LogP contribution in [0.25, 0.3) is 0 Å². The van der Waals surface area contributed by atoms with E-state index in [1.165, 1.54) is 0 Å². The molecule has 0 bridgehead atoms. The summed E-state index contributed by atoms with van der Waals surface area (Å²) in [5.74, 6) is 0.575. The molecular formula is C27H36BCl2N3O3. The Morgan fingerprint density at radius 1 is 1.00 bits per heavy atom. The molecular weight excluding hydrogens is 496 g/mol. The SMILES string of the molecule is COC[C@H]1CN(C(c2ccc(Cl)cc2)c2ccc(Cl)cc2)CCN1C(=O)CC1CCN(B(C)O)CC1. The molecule has 2 aliphatic rings. The lowest BCUT2D eigenvalue weighted by molar-refractivity contribution is -0.139. The van der Waals surface area contributed by atoms with Gasteiger partial charge in [-0.05, 0) is 74.1 Å². The molecule has 2 aromatic carbocycles. The van der Waals surface area contributed by atoms with Crippen LogP contribution in [-0.2, 0) is 9.53 Å². The number of hydrogen-bond donors (Lipinski definition) is 1. The lowest BCUT2D eigenvalue weighted by atomic mass is 9.80. The molecule has 2 heterocycles. The molecule has 0 radical (unpaired) electrons. The zero-order chi connectivity index (χ0) is 25.7. The van der Waals surface area contributed by atoms with Gasteiger partial charge < -0.3 is 19.5 Å². The minimum Gasteiger partial charge on any atom is -0.437 e. The molecule has 6 nitrogen and oxygen atoms in total. The standard InChI is InChI=1S/C27H36BCl2N3O3/c1-28(35)32-13-11-20(12-14-32)17-26(34)33-16-15-31(18-25(33)19-36-2)27(21-3-7-23(29)8-4-21)22-5-9-24(30)10-6-22/h3-10,20,25,27,35H,11-19H2,1-2H3/t25-/m1/s1. The van der Waals surface area contributed by atoms with Gasteiger partial charge in [0.25, 0.3) is 0 Å². The Bertz CT molecular complexity index is 939. The van der Waals surface area contributed by atoms with Crippen LogP contribution >= 0.6 is 23.2 Å². The summed E-state index contributed by atoms with van der Waals surface area (Å²) in [7, 11) is 1.28. The van der Waals surface area contributed by atoms with Gasteiger partial charge in [0.1, 0.15) is 0 Å². The first-order valence-corrected chi connectivity index (χ1v) is 13.6. The van der Waals surface area contributed by atoms with Gasteiger partial charge in [0.15, 0.2) is 0 Å². The third-order valence-electron chi connectivity index (χ3n) is 7.57. The highest BCUT2D eigenvalue weighted by Crippen LogP contribution is 2.33. The van der Waals surface area contributed by atoms with Crippen molar-refractivity contribution in [2.75, 3.05) is 46.4 Å². The minimum atomic E-state index is -0.421. The van der Waals surface area contributed by atoms with E-state index in [1.807, 2.05) is 36.0 Å². The molecule has 0 spiro atoms. The van der Waals surface area contributed by atoms with E-state index in [-0.39, 0.29) is 18.0 Å². The number of carbonyl (C=O) groups excluding carboxylic acids is 1. The van der Waals surface area contributed by atoms with Crippen molar-refractivity contribution in [1.82, 2.24) is 14.6 Å². The van der Waals surface area contributed by atoms with Gasteiger partial charge in [-0.1, -0.05) is 47.5 Å². The fraction of sp³-hybridized carbons (Fsp3) is 0.519. The molecule has 1 amide bonds. The third kappa shape index (κ3) is 6.83. The van der Waals surface area contributed by atoms with Crippen LogP contribution < -0.4 is 0 Å². The van der Waals surface area contributed by atoms with Crippen molar-refractivity contribution in [3.8, 4) is 0 Å². The first-order chi connectivity index (χ1) is 17.4. The molecule has 194 valence electrons. The molecule has 0 aliphatic carbocycles. The van der Waals surface area contributed by atoms with Crippen LogP contribution in [-0.4, -0.2) is 85.1 Å². The number of hydrogen-bond acceptors (Lipinski definition) is 5. The number of nitrogens with zero attached hydrogens (tertiary/aromatic N) is 3. The second-order valence-electron chi connectivity index (χ2n) is 10.0. The summed E-state index contributed by atoms with van der Waals surface area (Å²) < 4.78 is 5.57. The number of rotatable bonds is 8. The summed E-state index contributed by atoms with van der Waals surface area (Å²) in [4.78, 5) is 19.9. The summed E-state index contributed by atoms with van der Waals surface area (Å²) in [6, 6.07) is 16.0. The van der Waals surface area contributed by atoms with E-state index >= 15 is 0 Å². The molecule has 2 fully saturated rings. The number of carbonyl (C=O) groups is 1. The summed E-state index contributed by atoms with van der Waals surface area (Å²) in [6.07, 6.45) is 2.45. The molecule has 1 atom stereocenters. The van der Waals surface area contributed by atoms with E-state index in [0.717, 1.165) is 50.1 Å². The van der Waals surface area contributed by atoms with Crippen LogP contribution in [0, 0.1) is 5.92 Å². The van der Waals surface area contributed by atoms with Crippen LogP contribution in [0.1, 0.15) is 36.4 Å². The van der Waals surface area contributed by atoms with Crippen molar-refractivity contribution in [3.63, 3.8) is 0 Å². The van der Waals surface area contributed by atoms with Crippen molar-refractivity contribution in [3.05, 3.63) is 69.7 Å². The summed E-state index contributed by atoms with van der Waals surface area (Å²) in [6.45, 7) is 6.14. The molecule has 36 heavy (non-hydrogen) atoms. The Hall–Kier alpha value is -1.61. The summed E-state index contributed by atoms with van der Waals surface area (Å²) in [5.41, 5.74) is 2.31. The molecule has 2 aliphatic heterocycles. The molecule has 0 saturated carbocycles. The lowest BCUT2D eigenvalue weighted by Crippen LogP contribution is -2.57. The highest BCUT2D eigenvalue weighted by Gasteiger charge is 2.36. The molecule has 0 unspecified atom stereocenters. The topological polar surface area (TPSA) is 56.2 Å². The van der Waals surface area contributed by atoms with Gasteiger partial charge in [-0.3, -0.25) is 9.69 Å². The minimum absolute atomic E-state index is 0.0177. The van der Waals surface area contributed by atoms with E-state index in [0.29, 0.717) is 35.5 Å². The van der Waals surface area contributed by atoms with Crippen LogP contribution in [0.2, 0.25) is 16.9 Å². The van der Waals surface area contributed by atoms with Gasteiger partial charge in [0.2, 0.25) is 5.91 Å². The normalized spacial score (nSPS) is 20.2. The second kappa shape index (κ2) is 12.8. The Kier molecular flexibility index (Phi) is 9.73. The number of methoxy groups -OCH3 is 1. The van der Waals surface area contributed by atoms with E-state index in [4.69, 9.17) is 27.9 Å². The largest absolute Gasteiger partial charge is 0.437 e. The number of piperidine rings is 1. The monoisotopic (exact) mass is 531 g/mol. The first kappa shape index (κ1) is 27.4. The fourth-order valence-corrected chi connectivity index (χ4v) is 5.83. The maximum absolute atomic E-state index is 13.4. The smallest absolute Gasteiger partial charge is 0.376 e. The van der Waals surface area contributed by atoms with Crippen molar-refractivity contribution in [1.29, 1.82) is 0 Å². The third-order valence-corrected chi connectivity index (χ3v) is 8.07. The quantitative estimate of drug-likeness (QED) is 0.510. The van der Waals surface area contributed by atoms with Gasteiger partial charge in [0, 0.05) is 43.2 Å². The van der Waals surface area contributed by atoms with Gasteiger partial charge >= 0.3 is 7.05 Å². The Morgan fingerprint density at radius 3 is 2.06 bits per heavy atom. The van der Waals surface area contributed by atoms with E-state index in [2.05, 4.69) is 34.0 Å². The van der Waals surface area contributed by atoms with E-state index < -0.39 is 7.05 Å². The van der Waals surface area contributed by atoms with Crippen molar-refractivity contribution in [2.24, 2.45) is 5.92 Å². The predicted molar refractivity (Wildman–Crippen MR) is 146 cm³/mol. The van der Waals surface area contributed by atoms with E-state index in [9.17, 15) is 9.82 Å². The molecule has 0 aromatic heterocycles. The Balaban J connectivity index is 1.48. The zero-order valence-electron chi connectivity index (χ0n) is 21.2. The number of halogens is 2. The van der Waals surface area contributed by atoms with Crippen LogP contribution in [0.15, 0.2) is 48.5 Å². The molecule has 2 aromatic rings. The van der Waals surface area contributed by atoms with Gasteiger partial charge in [-0.15, -0.1) is 0 Å². The number of piperazine rings is 1. The lowest BCUT2D eigenvalue weighted by Gasteiger charge is -2.45. The predicted octanol–water partition coefficient (Wildman–Crippen LogP) is 4.45. The van der Waals surface area contributed by atoms with Gasteiger partial charge in [-0.25, -0.2) is 0 Å². The molecule has 2 saturated heterocycles. The van der Waals surface area contributed by atoms with E-state index in [1.54, 1.807) is 7.11 Å². The number of benzene rings is 2. The highest BCUT2D eigenvalue weighted by atomic mass is 35.5. The zero-order valence-corrected chi connectivity index (χ0v) is 22.7. The molecule has 4 rings (SSSR count). The number of amides is 1. The average Bonchev–Trinajstić information content (AvgIpc) is 2.87. The first-order valence-electron chi connectivity index (χ1n) is 12.8. The summed E-state index contributed by atoms with van der Waals surface area (Å²) >= 11 is 12.4. The Morgan fingerprint density at radius 2 is 1.56 bits per heavy atom. The maximum Gasteiger partial charge on any atom is 0.376 e. The average molecular weight is 532 g/mol. The number of ether oxygens (including phenoxy) is 1. The fourth-order valence-electron chi connectivity index (χ4n) is 5.58.